The van der Waals surface area contributed by atoms with Crippen LogP contribution in [0.4, 0.5) is 0 Å². The Labute approximate surface area is 128 Å². The maximum atomic E-state index is 6.37. The molecule has 0 N–H and O–H groups in total. The molecular weight excluding hydrogens is 383 g/mol. The number of rotatable bonds is 4. The third-order valence-corrected chi connectivity index (χ3v) is 3.91. The summed E-state index contributed by atoms with van der Waals surface area (Å²) in [5, 5.41) is -0.316. The first kappa shape index (κ1) is 14.0. The van der Waals surface area contributed by atoms with Gasteiger partial charge in [0.15, 0.2) is 4.67 Å². The predicted octanol–water partition coefficient (Wildman–Crippen LogP) is 5.53. The summed E-state index contributed by atoms with van der Waals surface area (Å²) in [7, 11) is 0. The van der Waals surface area contributed by atoms with Crippen molar-refractivity contribution in [2.45, 2.75) is 12.3 Å². The highest BCUT2D eigenvalue weighted by Crippen LogP contribution is 2.35. The second kappa shape index (κ2) is 6.13. The molecule has 0 saturated carbocycles. The van der Waals surface area contributed by atoms with Gasteiger partial charge >= 0.3 is 0 Å². The van der Waals surface area contributed by atoms with Crippen LogP contribution >= 0.6 is 43.5 Å². The SMILES string of the molecule is CCOc1ccc(C(Cl)c2ccc(Br)o2)cc1Br. The fourth-order valence-electron chi connectivity index (χ4n) is 1.58. The first-order valence-electron chi connectivity index (χ1n) is 5.43. The molecular formula is C13H11Br2ClO2. The number of alkyl halides is 1. The van der Waals surface area contributed by atoms with Gasteiger partial charge in [-0.3, -0.25) is 0 Å². The average molecular weight is 394 g/mol. The number of hydrogen-bond acceptors (Lipinski definition) is 2. The van der Waals surface area contributed by atoms with Gasteiger partial charge in [0, 0.05) is 0 Å². The first-order chi connectivity index (χ1) is 8.61. The lowest BCUT2D eigenvalue weighted by Gasteiger charge is -2.10. The summed E-state index contributed by atoms with van der Waals surface area (Å²) in [5.74, 6) is 1.52. The number of halogens is 3. The second-order valence-electron chi connectivity index (χ2n) is 3.63. The summed E-state index contributed by atoms with van der Waals surface area (Å²) in [6, 6.07) is 9.46. The molecule has 0 fully saturated rings. The minimum absolute atomic E-state index is 0.316. The van der Waals surface area contributed by atoms with Gasteiger partial charge in [-0.1, -0.05) is 6.07 Å². The molecule has 2 nitrogen and oxygen atoms in total. The standard InChI is InChI=1S/C13H11Br2ClO2/c1-2-17-10-4-3-8(7-9(10)14)13(16)11-5-6-12(15)18-11/h3-7,13H,2H2,1H3. The van der Waals surface area contributed by atoms with E-state index in [2.05, 4.69) is 31.9 Å². The Morgan fingerprint density at radius 2 is 2.06 bits per heavy atom. The van der Waals surface area contributed by atoms with Crippen LogP contribution in [0.15, 0.2) is 43.9 Å². The van der Waals surface area contributed by atoms with Gasteiger partial charge in [-0.05, 0) is 68.6 Å². The molecule has 0 aliphatic heterocycles. The summed E-state index contributed by atoms with van der Waals surface area (Å²) in [6.07, 6.45) is 0. The van der Waals surface area contributed by atoms with Crippen LogP contribution in [0.2, 0.25) is 0 Å². The average Bonchev–Trinajstić information content (AvgIpc) is 2.78. The monoisotopic (exact) mass is 392 g/mol. The van der Waals surface area contributed by atoms with Gasteiger partial charge in [-0.25, -0.2) is 0 Å². The van der Waals surface area contributed by atoms with E-state index in [1.165, 1.54) is 0 Å². The molecule has 0 bridgehead atoms. The molecule has 1 heterocycles. The fraction of sp³-hybridized carbons (Fsp3) is 0.231. The summed E-state index contributed by atoms with van der Waals surface area (Å²) < 4.78 is 12.5. The topological polar surface area (TPSA) is 22.4 Å². The van der Waals surface area contributed by atoms with E-state index in [-0.39, 0.29) is 5.38 Å². The van der Waals surface area contributed by atoms with Crippen molar-refractivity contribution >= 4 is 43.5 Å². The van der Waals surface area contributed by atoms with E-state index >= 15 is 0 Å². The van der Waals surface area contributed by atoms with Crippen molar-refractivity contribution in [1.29, 1.82) is 0 Å². The number of hydrogen-bond donors (Lipinski definition) is 0. The molecule has 1 atom stereocenters. The van der Waals surface area contributed by atoms with Crippen LogP contribution in [-0.4, -0.2) is 6.61 Å². The highest BCUT2D eigenvalue weighted by atomic mass is 79.9. The van der Waals surface area contributed by atoms with E-state index < -0.39 is 0 Å². The molecule has 0 spiro atoms. The van der Waals surface area contributed by atoms with Crippen LogP contribution in [0.25, 0.3) is 0 Å². The van der Waals surface area contributed by atoms with Crippen LogP contribution in [0, 0.1) is 0 Å². The molecule has 0 amide bonds. The van der Waals surface area contributed by atoms with Crippen LogP contribution in [0.5, 0.6) is 5.75 Å². The Morgan fingerprint density at radius 1 is 1.28 bits per heavy atom. The minimum Gasteiger partial charge on any atom is -0.493 e. The summed E-state index contributed by atoms with van der Waals surface area (Å²) in [4.78, 5) is 0. The van der Waals surface area contributed by atoms with Crippen LogP contribution in [0.3, 0.4) is 0 Å². The highest BCUT2D eigenvalue weighted by molar-refractivity contribution is 9.10. The summed E-state index contributed by atoms with van der Waals surface area (Å²) in [6.45, 7) is 2.58. The van der Waals surface area contributed by atoms with Crippen LogP contribution in [0.1, 0.15) is 23.6 Å². The molecule has 0 aliphatic rings. The van der Waals surface area contributed by atoms with Crippen molar-refractivity contribution in [3.8, 4) is 5.75 Å². The van der Waals surface area contributed by atoms with Crippen LogP contribution < -0.4 is 4.74 Å². The summed E-state index contributed by atoms with van der Waals surface area (Å²) >= 11 is 13.1. The van der Waals surface area contributed by atoms with E-state index in [0.717, 1.165) is 15.8 Å². The third kappa shape index (κ3) is 3.11. The van der Waals surface area contributed by atoms with E-state index in [0.29, 0.717) is 17.0 Å². The Kier molecular flexibility index (Phi) is 4.76. The normalized spacial score (nSPS) is 12.4. The molecule has 5 heteroatoms. The lowest BCUT2D eigenvalue weighted by atomic mass is 10.1. The Hall–Kier alpha value is -0.450. The maximum Gasteiger partial charge on any atom is 0.169 e. The van der Waals surface area contributed by atoms with Gasteiger partial charge in [0.1, 0.15) is 16.9 Å². The molecule has 1 unspecified atom stereocenters. The molecule has 1 aromatic carbocycles. The molecule has 1 aromatic heterocycles. The summed E-state index contributed by atoms with van der Waals surface area (Å²) in [5.41, 5.74) is 0.953. The first-order valence-corrected chi connectivity index (χ1v) is 7.45. The smallest absolute Gasteiger partial charge is 0.169 e. The van der Waals surface area contributed by atoms with Crippen LogP contribution in [-0.2, 0) is 0 Å². The molecule has 0 aliphatic carbocycles. The van der Waals surface area contributed by atoms with Gasteiger partial charge in [0.25, 0.3) is 0 Å². The molecule has 96 valence electrons. The molecule has 0 radical (unpaired) electrons. The molecule has 0 saturated heterocycles. The second-order valence-corrected chi connectivity index (χ2v) is 5.70. The number of benzene rings is 1. The van der Waals surface area contributed by atoms with E-state index in [1.54, 1.807) is 0 Å². The minimum atomic E-state index is -0.316. The van der Waals surface area contributed by atoms with Crippen molar-refractivity contribution in [2.24, 2.45) is 0 Å². The van der Waals surface area contributed by atoms with Gasteiger partial charge in [-0.2, -0.15) is 0 Å². The zero-order valence-electron chi connectivity index (χ0n) is 9.62. The lowest BCUT2D eigenvalue weighted by Crippen LogP contribution is -1.95. The van der Waals surface area contributed by atoms with Crippen molar-refractivity contribution in [2.75, 3.05) is 6.61 Å². The van der Waals surface area contributed by atoms with E-state index in [9.17, 15) is 0 Å². The van der Waals surface area contributed by atoms with Crippen molar-refractivity contribution in [3.05, 3.63) is 50.8 Å². The zero-order chi connectivity index (χ0) is 13.1. The Balaban J connectivity index is 2.26. The van der Waals surface area contributed by atoms with Crippen molar-refractivity contribution in [3.63, 3.8) is 0 Å². The highest BCUT2D eigenvalue weighted by Gasteiger charge is 2.16. The number of ether oxygens (including phenoxy) is 1. The van der Waals surface area contributed by atoms with Gasteiger partial charge in [0.2, 0.25) is 0 Å². The molecule has 18 heavy (non-hydrogen) atoms. The largest absolute Gasteiger partial charge is 0.493 e. The Morgan fingerprint density at radius 3 is 2.61 bits per heavy atom. The fourth-order valence-corrected chi connectivity index (χ4v) is 2.66. The zero-order valence-corrected chi connectivity index (χ0v) is 13.5. The van der Waals surface area contributed by atoms with Crippen molar-refractivity contribution in [1.82, 2.24) is 0 Å². The number of furan rings is 1. The van der Waals surface area contributed by atoms with Gasteiger partial charge in [-0.15, -0.1) is 11.6 Å². The van der Waals surface area contributed by atoms with E-state index in [1.807, 2.05) is 37.3 Å². The quantitative estimate of drug-likeness (QED) is 0.636. The van der Waals surface area contributed by atoms with Gasteiger partial charge < -0.3 is 9.15 Å². The predicted molar refractivity (Wildman–Crippen MR) is 79.4 cm³/mol. The molecule has 2 aromatic rings. The lowest BCUT2D eigenvalue weighted by molar-refractivity contribution is 0.338. The third-order valence-electron chi connectivity index (χ3n) is 2.39. The Bertz CT molecular complexity index is 540. The van der Waals surface area contributed by atoms with Crippen molar-refractivity contribution < 1.29 is 9.15 Å². The molecule has 2 rings (SSSR count). The maximum absolute atomic E-state index is 6.37. The van der Waals surface area contributed by atoms with E-state index in [4.69, 9.17) is 20.8 Å². The van der Waals surface area contributed by atoms with Gasteiger partial charge in [0.05, 0.1) is 11.1 Å².